The van der Waals surface area contributed by atoms with Gasteiger partial charge in [-0.3, -0.25) is 14.8 Å². The summed E-state index contributed by atoms with van der Waals surface area (Å²) in [5, 5.41) is 19.6. The second-order valence-corrected chi connectivity index (χ2v) is 8.14. The number of fused-ring (bicyclic) bond motifs is 1. The van der Waals surface area contributed by atoms with Gasteiger partial charge < -0.3 is 5.32 Å². The van der Waals surface area contributed by atoms with Crippen LogP contribution in [0.3, 0.4) is 0 Å². The van der Waals surface area contributed by atoms with E-state index in [0.717, 1.165) is 27.9 Å². The lowest BCUT2D eigenvalue weighted by molar-refractivity contribution is -0.130. The Morgan fingerprint density at radius 3 is 2.79 bits per heavy atom. The van der Waals surface area contributed by atoms with Gasteiger partial charge in [-0.1, -0.05) is 11.3 Å². The number of nitrogens with zero attached hydrogens (tertiary/aromatic N) is 4. The predicted molar refractivity (Wildman–Crippen MR) is 114 cm³/mol. The summed E-state index contributed by atoms with van der Waals surface area (Å²) in [4.78, 5) is 28.3. The summed E-state index contributed by atoms with van der Waals surface area (Å²) in [6.45, 7) is -0.0103. The first kappa shape index (κ1) is 22.4. The minimum atomic E-state index is -1.12. The molecule has 0 saturated heterocycles. The van der Waals surface area contributed by atoms with Gasteiger partial charge in [-0.25, -0.2) is 23.9 Å². The molecule has 0 spiro atoms. The first-order valence-electron chi connectivity index (χ1n) is 9.82. The molecule has 170 valence electrons. The molecule has 0 radical (unpaired) electrons. The predicted octanol–water partition coefficient (Wildman–Crippen LogP) is 2.78. The smallest absolute Gasteiger partial charge is 0.251 e. The standard InChI is InChI=1S/C21H18F2N6O3S/c22-16-3-2-13(7-17(16)23)21(31)24-9-14-10-29(28-26-14)15(8-20(30)27-32)5-12-1-4-18-19(6-12)33-11-25-18/h1-4,6-7,10-11,15,32H,5,8-9H2,(H,24,31)(H,27,30)/t15-/m1/s1. The van der Waals surface area contributed by atoms with Gasteiger partial charge in [-0.15, -0.1) is 16.4 Å². The summed E-state index contributed by atoms with van der Waals surface area (Å²) in [5.74, 6) is -3.34. The molecule has 2 heterocycles. The van der Waals surface area contributed by atoms with Crippen LogP contribution in [0, 0.1) is 11.6 Å². The Morgan fingerprint density at radius 1 is 1.15 bits per heavy atom. The van der Waals surface area contributed by atoms with E-state index in [-0.39, 0.29) is 18.5 Å². The molecular weight excluding hydrogens is 454 g/mol. The Balaban J connectivity index is 1.46. The molecule has 2 aromatic carbocycles. The number of hydroxylamine groups is 1. The van der Waals surface area contributed by atoms with Crippen LogP contribution in [-0.2, 0) is 17.8 Å². The summed E-state index contributed by atoms with van der Waals surface area (Å²) < 4.78 is 28.9. The lowest BCUT2D eigenvalue weighted by atomic mass is 10.0. The van der Waals surface area contributed by atoms with Crippen molar-refractivity contribution in [3.8, 4) is 0 Å². The number of amides is 2. The monoisotopic (exact) mass is 472 g/mol. The maximum absolute atomic E-state index is 13.3. The lowest BCUT2D eigenvalue weighted by Crippen LogP contribution is -2.25. The van der Waals surface area contributed by atoms with Crippen molar-refractivity contribution in [1.29, 1.82) is 0 Å². The van der Waals surface area contributed by atoms with E-state index >= 15 is 0 Å². The highest BCUT2D eigenvalue weighted by atomic mass is 32.1. The largest absolute Gasteiger partial charge is 0.346 e. The molecular formula is C21H18F2N6O3S. The van der Waals surface area contributed by atoms with E-state index in [9.17, 15) is 18.4 Å². The molecule has 9 nitrogen and oxygen atoms in total. The number of hydrogen-bond donors (Lipinski definition) is 3. The van der Waals surface area contributed by atoms with Gasteiger partial charge in [0.25, 0.3) is 5.91 Å². The van der Waals surface area contributed by atoms with Crippen molar-refractivity contribution >= 4 is 33.4 Å². The SMILES string of the molecule is O=C(C[C@@H](Cc1ccc2ncsc2c1)n1cc(CNC(=O)c2ccc(F)c(F)c2)nn1)NO. The van der Waals surface area contributed by atoms with Crippen molar-refractivity contribution in [2.24, 2.45) is 0 Å². The molecule has 2 amide bonds. The zero-order valence-electron chi connectivity index (χ0n) is 17.0. The number of carbonyl (C=O) groups is 2. The highest BCUT2D eigenvalue weighted by Gasteiger charge is 2.19. The van der Waals surface area contributed by atoms with Gasteiger partial charge in [0.05, 0.1) is 40.9 Å². The minimum Gasteiger partial charge on any atom is -0.346 e. The number of rotatable bonds is 8. The summed E-state index contributed by atoms with van der Waals surface area (Å²) in [6.07, 6.45) is 1.96. The summed E-state index contributed by atoms with van der Waals surface area (Å²) in [7, 11) is 0. The van der Waals surface area contributed by atoms with Crippen LogP contribution in [0.15, 0.2) is 48.1 Å². The van der Waals surface area contributed by atoms with E-state index in [1.54, 1.807) is 17.2 Å². The maximum Gasteiger partial charge on any atom is 0.251 e. The van der Waals surface area contributed by atoms with Crippen molar-refractivity contribution < 1.29 is 23.6 Å². The minimum absolute atomic E-state index is 0.0103. The Hall–Kier alpha value is -3.77. The van der Waals surface area contributed by atoms with E-state index in [4.69, 9.17) is 5.21 Å². The average Bonchev–Trinajstić information content (AvgIpc) is 3.48. The normalized spacial score (nSPS) is 12.0. The maximum atomic E-state index is 13.3. The Labute approximate surface area is 190 Å². The Kier molecular flexibility index (Phi) is 6.66. The zero-order chi connectivity index (χ0) is 23.4. The third-order valence-corrected chi connectivity index (χ3v) is 5.75. The van der Waals surface area contributed by atoms with Gasteiger partial charge >= 0.3 is 0 Å². The summed E-state index contributed by atoms with van der Waals surface area (Å²) in [5.41, 5.74) is 5.58. The topological polar surface area (TPSA) is 122 Å². The van der Waals surface area contributed by atoms with Gasteiger partial charge in [0.1, 0.15) is 5.69 Å². The summed E-state index contributed by atoms with van der Waals surface area (Å²) >= 11 is 1.51. The molecule has 0 aliphatic heterocycles. The Morgan fingerprint density at radius 2 is 2.00 bits per heavy atom. The molecule has 4 rings (SSSR count). The molecule has 0 saturated carbocycles. The van der Waals surface area contributed by atoms with Crippen molar-refractivity contribution in [3.63, 3.8) is 0 Å². The Bertz CT molecular complexity index is 1310. The second-order valence-electron chi connectivity index (χ2n) is 7.25. The quantitative estimate of drug-likeness (QED) is 0.268. The number of aromatic nitrogens is 4. The van der Waals surface area contributed by atoms with E-state index < -0.39 is 29.5 Å². The summed E-state index contributed by atoms with van der Waals surface area (Å²) in [6, 6.07) is 8.19. The molecule has 33 heavy (non-hydrogen) atoms. The molecule has 4 aromatic rings. The van der Waals surface area contributed by atoms with Crippen LogP contribution in [0.4, 0.5) is 8.78 Å². The van der Waals surface area contributed by atoms with Gasteiger partial charge in [0.2, 0.25) is 5.91 Å². The number of benzene rings is 2. The molecule has 0 bridgehead atoms. The first-order valence-corrected chi connectivity index (χ1v) is 10.7. The van der Waals surface area contributed by atoms with Crippen LogP contribution >= 0.6 is 11.3 Å². The molecule has 12 heteroatoms. The van der Waals surface area contributed by atoms with Gasteiger partial charge in [-0.2, -0.15) is 0 Å². The van der Waals surface area contributed by atoms with Crippen LogP contribution in [0.5, 0.6) is 0 Å². The first-order chi connectivity index (χ1) is 15.9. The molecule has 2 aromatic heterocycles. The van der Waals surface area contributed by atoms with Crippen LogP contribution in [-0.4, -0.2) is 37.0 Å². The second kappa shape index (κ2) is 9.79. The molecule has 0 unspecified atom stereocenters. The third kappa shape index (κ3) is 5.35. The average molecular weight is 472 g/mol. The molecule has 0 fully saturated rings. The fourth-order valence-corrected chi connectivity index (χ4v) is 4.04. The number of hydrogen-bond acceptors (Lipinski definition) is 7. The fourth-order valence-electron chi connectivity index (χ4n) is 3.30. The lowest BCUT2D eigenvalue weighted by Gasteiger charge is -2.16. The number of nitrogens with one attached hydrogen (secondary N) is 2. The van der Waals surface area contributed by atoms with E-state index in [0.29, 0.717) is 12.1 Å². The van der Waals surface area contributed by atoms with Crippen molar-refractivity contribution in [2.75, 3.05) is 0 Å². The molecule has 1 atom stereocenters. The van der Waals surface area contributed by atoms with Crippen LogP contribution in [0.1, 0.15) is 34.1 Å². The highest BCUT2D eigenvalue weighted by Crippen LogP contribution is 2.23. The molecule has 0 aliphatic carbocycles. The van der Waals surface area contributed by atoms with Crippen molar-refractivity contribution in [2.45, 2.75) is 25.4 Å². The molecule has 3 N–H and O–H groups in total. The van der Waals surface area contributed by atoms with Gasteiger partial charge in [0, 0.05) is 5.56 Å². The third-order valence-electron chi connectivity index (χ3n) is 4.96. The van der Waals surface area contributed by atoms with Crippen LogP contribution < -0.4 is 10.8 Å². The fraction of sp³-hybridized carbons (Fsp3) is 0.190. The molecule has 0 aliphatic rings. The van der Waals surface area contributed by atoms with Gasteiger partial charge in [0.15, 0.2) is 11.6 Å². The number of halogens is 2. The van der Waals surface area contributed by atoms with Crippen LogP contribution in [0.25, 0.3) is 10.2 Å². The van der Waals surface area contributed by atoms with E-state index in [2.05, 4.69) is 20.6 Å². The van der Waals surface area contributed by atoms with Crippen LogP contribution in [0.2, 0.25) is 0 Å². The van der Waals surface area contributed by atoms with Crippen molar-refractivity contribution in [3.05, 3.63) is 76.6 Å². The van der Waals surface area contributed by atoms with E-state index in [1.807, 2.05) is 18.2 Å². The van der Waals surface area contributed by atoms with Crippen molar-refractivity contribution in [1.82, 2.24) is 30.8 Å². The number of carbonyl (C=O) groups excluding carboxylic acids is 2. The van der Waals surface area contributed by atoms with Gasteiger partial charge in [-0.05, 0) is 42.3 Å². The van der Waals surface area contributed by atoms with E-state index in [1.165, 1.54) is 22.1 Å². The highest BCUT2D eigenvalue weighted by molar-refractivity contribution is 7.16. The zero-order valence-corrected chi connectivity index (χ0v) is 17.9. The number of thiazole rings is 1.